The number of likely N-dealkylation sites (N-methyl/N-ethyl adjacent to an activating group) is 1. The van der Waals surface area contributed by atoms with Gasteiger partial charge in [-0.1, -0.05) is 19.1 Å². The molecule has 0 fully saturated rings. The second-order valence-electron chi connectivity index (χ2n) is 6.77. The summed E-state index contributed by atoms with van der Waals surface area (Å²) in [7, 11) is 3.84. The molecule has 7 heteroatoms. The van der Waals surface area contributed by atoms with Crippen molar-refractivity contribution in [1.29, 1.82) is 0 Å². The van der Waals surface area contributed by atoms with Gasteiger partial charge in [0.15, 0.2) is 5.96 Å². The second kappa shape index (κ2) is 14.9. The molecule has 0 saturated carbocycles. The van der Waals surface area contributed by atoms with Crippen LogP contribution in [-0.2, 0) is 16.1 Å². The fourth-order valence-electron chi connectivity index (χ4n) is 2.67. The molecule has 0 saturated heterocycles. The maximum atomic E-state index is 11.8. The lowest BCUT2D eigenvalue weighted by atomic mass is 10.2. The first-order valence-corrected chi connectivity index (χ1v) is 10.2. The highest BCUT2D eigenvalue weighted by Crippen LogP contribution is 2.12. The summed E-state index contributed by atoms with van der Waals surface area (Å²) in [5.41, 5.74) is 1.88. The number of hydrogen-bond donors (Lipinski definition) is 3. The number of amides is 1. The topological polar surface area (TPSA) is 78.0 Å². The Morgan fingerprint density at radius 2 is 2.04 bits per heavy atom. The Balaban J connectivity index is 2.51. The molecule has 0 bridgehead atoms. The average Bonchev–Trinajstić information content (AvgIpc) is 2.67. The molecule has 0 unspecified atom stereocenters. The summed E-state index contributed by atoms with van der Waals surface area (Å²) in [5, 5.41) is 9.58. The van der Waals surface area contributed by atoms with Gasteiger partial charge in [0.05, 0.1) is 6.54 Å². The second-order valence-corrected chi connectivity index (χ2v) is 6.77. The van der Waals surface area contributed by atoms with Crippen LogP contribution in [0.3, 0.4) is 0 Å². The van der Waals surface area contributed by atoms with Crippen LogP contribution in [0.5, 0.6) is 0 Å². The lowest BCUT2D eigenvalue weighted by Crippen LogP contribution is -2.41. The van der Waals surface area contributed by atoms with Crippen LogP contribution in [0.1, 0.15) is 38.7 Å². The molecule has 0 aliphatic carbocycles. The van der Waals surface area contributed by atoms with Crippen LogP contribution in [0.15, 0.2) is 29.3 Å². The average molecular weight is 392 g/mol. The summed E-state index contributed by atoms with van der Waals surface area (Å²) >= 11 is 0. The van der Waals surface area contributed by atoms with Crippen LogP contribution in [-0.4, -0.2) is 63.7 Å². The molecule has 0 aromatic heterocycles. The van der Waals surface area contributed by atoms with Gasteiger partial charge in [0.2, 0.25) is 5.91 Å². The minimum atomic E-state index is 0.0489. The van der Waals surface area contributed by atoms with E-state index in [-0.39, 0.29) is 5.91 Å². The van der Waals surface area contributed by atoms with Gasteiger partial charge in [0.1, 0.15) is 0 Å². The summed E-state index contributed by atoms with van der Waals surface area (Å²) in [6, 6.07) is 7.85. The van der Waals surface area contributed by atoms with Gasteiger partial charge in [-0.25, -0.2) is 4.99 Å². The van der Waals surface area contributed by atoms with E-state index in [9.17, 15) is 4.79 Å². The lowest BCUT2D eigenvalue weighted by Gasteiger charge is -2.18. The van der Waals surface area contributed by atoms with Crippen molar-refractivity contribution >= 4 is 17.6 Å². The number of aliphatic imine (C=N–C) groups is 1. The van der Waals surface area contributed by atoms with E-state index in [1.165, 1.54) is 0 Å². The number of benzene rings is 1. The van der Waals surface area contributed by atoms with Crippen molar-refractivity contribution in [3.05, 3.63) is 29.8 Å². The highest BCUT2D eigenvalue weighted by Gasteiger charge is 2.03. The van der Waals surface area contributed by atoms with E-state index in [1.807, 2.05) is 31.2 Å². The van der Waals surface area contributed by atoms with Crippen molar-refractivity contribution in [3.8, 4) is 0 Å². The molecule has 0 atom stereocenters. The number of rotatable bonds is 13. The van der Waals surface area contributed by atoms with Crippen LogP contribution < -0.4 is 16.0 Å². The minimum absolute atomic E-state index is 0.0489. The monoisotopic (exact) mass is 391 g/mol. The molecular weight excluding hydrogens is 354 g/mol. The first-order chi connectivity index (χ1) is 13.6. The fourth-order valence-corrected chi connectivity index (χ4v) is 2.67. The Morgan fingerprint density at radius 3 is 2.75 bits per heavy atom. The van der Waals surface area contributed by atoms with E-state index in [1.54, 1.807) is 7.11 Å². The predicted molar refractivity (Wildman–Crippen MR) is 117 cm³/mol. The Kier molecular flexibility index (Phi) is 12.7. The van der Waals surface area contributed by atoms with Gasteiger partial charge < -0.3 is 25.6 Å². The maximum absolute atomic E-state index is 11.8. The Morgan fingerprint density at radius 1 is 1.21 bits per heavy atom. The zero-order chi connectivity index (χ0) is 20.6. The zero-order valence-electron chi connectivity index (χ0n) is 17.9. The molecule has 0 spiro atoms. The van der Waals surface area contributed by atoms with Crippen LogP contribution in [0.2, 0.25) is 0 Å². The quantitative estimate of drug-likeness (QED) is 0.273. The van der Waals surface area contributed by atoms with Gasteiger partial charge in [-0.05, 0) is 44.5 Å². The number of nitrogens with zero attached hydrogens (tertiary/aromatic N) is 2. The molecule has 28 heavy (non-hydrogen) atoms. The van der Waals surface area contributed by atoms with Crippen LogP contribution in [0, 0.1) is 0 Å². The van der Waals surface area contributed by atoms with Crippen LogP contribution in [0.25, 0.3) is 0 Å². The number of nitrogens with one attached hydrogen (secondary N) is 3. The molecular formula is C21H37N5O2. The maximum Gasteiger partial charge on any atom is 0.224 e. The molecule has 0 aliphatic heterocycles. The fraction of sp³-hybridized carbons (Fsp3) is 0.619. The number of methoxy groups -OCH3 is 1. The summed E-state index contributed by atoms with van der Waals surface area (Å²) in [6.07, 6.45) is 2.41. The molecule has 3 N–H and O–H groups in total. The summed E-state index contributed by atoms with van der Waals surface area (Å²) < 4.78 is 5.09. The van der Waals surface area contributed by atoms with Crippen molar-refractivity contribution in [2.24, 2.45) is 4.99 Å². The number of anilines is 1. The molecule has 0 aliphatic rings. The molecule has 7 nitrogen and oxygen atoms in total. The molecule has 1 amide bonds. The van der Waals surface area contributed by atoms with Crippen molar-refractivity contribution in [3.63, 3.8) is 0 Å². The van der Waals surface area contributed by atoms with E-state index in [2.05, 4.69) is 39.8 Å². The third kappa shape index (κ3) is 10.9. The zero-order valence-corrected chi connectivity index (χ0v) is 17.9. The summed E-state index contributed by atoms with van der Waals surface area (Å²) in [5.74, 6) is 0.848. The van der Waals surface area contributed by atoms with Gasteiger partial charge in [-0.3, -0.25) is 4.79 Å². The van der Waals surface area contributed by atoms with Gasteiger partial charge >= 0.3 is 0 Å². The van der Waals surface area contributed by atoms with E-state index in [0.717, 1.165) is 62.8 Å². The molecule has 1 aromatic carbocycles. The highest BCUT2D eigenvalue weighted by molar-refractivity contribution is 5.90. The Labute approximate surface area is 169 Å². The van der Waals surface area contributed by atoms with Crippen molar-refractivity contribution in [2.75, 3.05) is 52.3 Å². The Hall–Kier alpha value is -2.12. The normalized spacial score (nSPS) is 11.5. The molecule has 1 rings (SSSR count). The van der Waals surface area contributed by atoms with E-state index >= 15 is 0 Å². The number of carbonyl (C=O) groups excluding carboxylic acids is 1. The summed E-state index contributed by atoms with van der Waals surface area (Å²) in [4.78, 5) is 18.7. The number of guanidine groups is 1. The standard InChI is InChI=1S/C21H37N5O2/c1-5-9-20(27)25-19-11-7-10-18(16-19)17-24-21(22-6-2)23-12-14-26(3)13-8-15-28-4/h7,10-11,16H,5-6,8-9,12-15,17H2,1-4H3,(H,25,27)(H2,22,23,24). The number of ether oxygens (including phenoxy) is 1. The largest absolute Gasteiger partial charge is 0.385 e. The SMILES string of the molecule is CCCC(=O)Nc1cccc(CN=C(NCC)NCCN(C)CCCOC)c1. The van der Waals surface area contributed by atoms with Crippen LogP contribution in [0.4, 0.5) is 5.69 Å². The van der Waals surface area contributed by atoms with Gasteiger partial charge in [-0.15, -0.1) is 0 Å². The van der Waals surface area contributed by atoms with Gasteiger partial charge in [0.25, 0.3) is 0 Å². The minimum Gasteiger partial charge on any atom is -0.385 e. The highest BCUT2D eigenvalue weighted by atomic mass is 16.5. The molecule has 158 valence electrons. The number of carbonyl (C=O) groups is 1. The smallest absolute Gasteiger partial charge is 0.224 e. The van der Waals surface area contributed by atoms with Gasteiger partial charge in [-0.2, -0.15) is 0 Å². The van der Waals surface area contributed by atoms with Crippen molar-refractivity contribution in [2.45, 2.75) is 39.7 Å². The first kappa shape index (κ1) is 23.9. The lowest BCUT2D eigenvalue weighted by molar-refractivity contribution is -0.116. The van der Waals surface area contributed by atoms with Crippen molar-refractivity contribution in [1.82, 2.24) is 15.5 Å². The van der Waals surface area contributed by atoms with E-state index in [0.29, 0.717) is 13.0 Å². The third-order valence-electron chi connectivity index (χ3n) is 4.13. The first-order valence-electron chi connectivity index (χ1n) is 10.2. The van der Waals surface area contributed by atoms with Crippen LogP contribution >= 0.6 is 0 Å². The van der Waals surface area contributed by atoms with E-state index < -0.39 is 0 Å². The molecule has 0 heterocycles. The third-order valence-corrected chi connectivity index (χ3v) is 4.13. The predicted octanol–water partition coefficient (Wildman–Crippen LogP) is 2.45. The molecule has 0 radical (unpaired) electrons. The number of hydrogen-bond acceptors (Lipinski definition) is 4. The summed E-state index contributed by atoms with van der Waals surface area (Å²) in [6.45, 7) is 8.98. The Bertz CT molecular complexity index is 592. The van der Waals surface area contributed by atoms with E-state index in [4.69, 9.17) is 4.74 Å². The van der Waals surface area contributed by atoms with Gasteiger partial charge in [0, 0.05) is 52.0 Å². The molecule has 1 aromatic rings. The van der Waals surface area contributed by atoms with Crippen molar-refractivity contribution < 1.29 is 9.53 Å².